The lowest BCUT2D eigenvalue weighted by Crippen LogP contribution is -2.49. The van der Waals surface area contributed by atoms with Gasteiger partial charge in [-0.05, 0) is 50.7 Å². The first-order chi connectivity index (χ1) is 8.54. The van der Waals surface area contributed by atoms with Gasteiger partial charge >= 0.3 is 0 Å². The molecule has 0 aromatic heterocycles. The SMILES string of the molecule is C[Si](C)(CCCO)C[Si](C)(C)O[Si](C)(C)CCCO. The number of aliphatic hydroxyl groups is 2. The zero-order valence-corrected chi connectivity index (χ0v) is 16.8. The molecule has 0 amide bonds. The van der Waals surface area contributed by atoms with Crippen molar-refractivity contribution in [2.45, 2.75) is 69.9 Å². The molecule has 0 aliphatic carbocycles. The molecule has 0 rings (SSSR count). The second kappa shape index (κ2) is 8.09. The van der Waals surface area contributed by atoms with Crippen LogP contribution in [0, 0.1) is 0 Å². The second-order valence-corrected chi connectivity index (χ2v) is 22.2. The number of aliphatic hydroxyl groups excluding tert-OH is 2. The lowest BCUT2D eigenvalue weighted by Gasteiger charge is -2.38. The molecule has 0 aromatic rings. The minimum atomic E-state index is -1.62. The van der Waals surface area contributed by atoms with Crippen molar-refractivity contribution in [3.8, 4) is 0 Å². The fourth-order valence-electron chi connectivity index (χ4n) is 3.14. The summed E-state index contributed by atoms with van der Waals surface area (Å²) in [4.78, 5) is 0. The average molecular weight is 323 g/mol. The van der Waals surface area contributed by atoms with Gasteiger partial charge in [-0.1, -0.05) is 19.1 Å². The molecular weight excluding hydrogens is 288 g/mol. The number of hydrogen-bond donors (Lipinski definition) is 2. The van der Waals surface area contributed by atoms with Crippen molar-refractivity contribution in [1.29, 1.82) is 0 Å². The summed E-state index contributed by atoms with van der Waals surface area (Å²) in [6, 6.07) is 2.25. The molecular formula is C13H34O3Si3. The van der Waals surface area contributed by atoms with Gasteiger partial charge in [0, 0.05) is 21.3 Å². The molecule has 0 saturated carbocycles. The maximum absolute atomic E-state index is 9.00. The quantitative estimate of drug-likeness (QED) is 0.606. The summed E-state index contributed by atoms with van der Waals surface area (Å²) in [7, 11) is -4.47. The van der Waals surface area contributed by atoms with E-state index in [1.165, 1.54) is 11.7 Å². The van der Waals surface area contributed by atoms with Crippen LogP contribution in [0.3, 0.4) is 0 Å². The predicted molar refractivity (Wildman–Crippen MR) is 91.4 cm³/mol. The van der Waals surface area contributed by atoms with Gasteiger partial charge in [0.05, 0.1) is 0 Å². The smallest absolute Gasteiger partial charge is 0.173 e. The molecule has 0 atom stereocenters. The molecule has 6 heteroatoms. The normalized spacial score (nSPS) is 13.9. The Hall–Kier alpha value is 0.531. The van der Waals surface area contributed by atoms with Crippen LogP contribution in [-0.2, 0) is 4.12 Å². The van der Waals surface area contributed by atoms with Crippen molar-refractivity contribution in [2.75, 3.05) is 13.2 Å². The zero-order valence-electron chi connectivity index (χ0n) is 13.8. The van der Waals surface area contributed by atoms with E-state index in [2.05, 4.69) is 39.3 Å². The van der Waals surface area contributed by atoms with E-state index in [-0.39, 0.29) is 6.61 Å². The Morgan fingerprint density at radius 2 is 1.21 bits per heavy atom. The molecule has 3 nitrogen and oxygen atoms in total. The molecule has 0 bridgehead atoms. The van der Waals surface area contributed by atoms with Crippen LogP contribution in [-0.4, -0.2) is 48.1 Å². The molecule has 0 aliphatic rings. The van der Waals surface area contributed by atoms with Crippen molar-refractivity contribution in [1.82, 2.24) is 0 Å². The standard InChI is InChI=1S/C13H34O3Si3/c1-17(2,11-7-9-14)13-19(5,6)16-18(3,4)12-8-10-15/h14-15H,7-13H2,1-6H3. The molecule has 19 heavy (non-hydrogen) atoms. The van der Waals surface area contributed by atoms with Crippen LogP contribution in [0.5, 0.6) is 0 Å². The van der Waals surface area contributed by atoms with Gasteiger partial charge in [0.2, 0.25) is 0 Å². The summed E-state index contributed by atoms with van der Waals surface area (Å²) >= 11 is 0. The van der Waals surface area contributed by atoms with Crippen LogP contribution in [0.2, 0.25) is 57.0 Å². The highest BCUT2D eigenvalue weighted by atomic mass is 28.4. The minimum Gasteiger partial charge on any atom is -0.456 e. The van der Waals surface area contributed by atoms with E-state index >= 15 is 0 Å². The molecule has 0 heterocycles. The fourth-order valence-corrected chi connectivity index (χ4v) is 22.5. The lowest BCUT2D eigenvalue weighted by atomic mass is 10.5. The van der Waals surface area contributed by atoms with E-state index in [0.717, 1.165) is 18.9 Å². The molecule has 0 saturated heterocycles. The zero-order chi connectivity index (χ0) is 15.2. The third-order valence-electron chi connectivity index (χ3n) is 3.41. The van der Waals surface area contributed by atoms with E-state index < -0.39 is 24.7 Å². The van der Waals surface area contributed by atoms with Gasteiger partial charge in [-0.15, -0.1) is 0 Å². The van der Waals surface area contributed by atoms with Crippen LogP contribution in [0.1, 0.15) is 12.8 Å². The Morgan fingerprint density at radius 1 is 0.737 bits per heavy atom. The van der Waals surface area contributed by atoms with Crippen LogP contribution in [0.4, 0.5) is 0 Å². The largest absolute Gasteiger partial charge is 0.456 e. The van der Waals surface area contributed by atoms with Gasteiger partial charge in [0.15, 0.2) is 16.6 Å². The van der Waals surface area contributed by atoms with Gasteiger partial charge in [-0.25, -0.2) is 0 Å². The predicted octanol–water partition coefficient (Wildman–Crippen LogP) is 3.43. The Balaban J connectivity index is 4.44. The van der Waals surface area contributed by atoms with Crippen LogP contribution >= 0.6 is 0 Å². The second-order valence-electron chi connectivity index (χ2n) is 7.62. The molecule has 0 unspecified atom stereocenters. The average Bonchev–Trinajstić information content (AvgIpc) is 2.20. The Morgan fingerprint density at radius 3 is 1.68 bits per heavy atom. The highest BCUT2D eigenvalue weighted by Gasteiger charge is 2.37. The first-order valence-electron chi connectivity index (χ1n) is 7.45. The summed E-state index contributed by atoms with van der Waals surface area (Å²) in [6.07, 6.45) is 1.81. The van der Waals surface area contributed by atoms with E-state index in [1.807, 2.05) is 0 Å². The molecule has 0 fully saturated rings. The van der Waals surface area contributed by atoms with Crippen molar-refractivity contribution >= 4 is 24.7 Å². The first-order valence-corrected chi connectivity index (χ1v) is 17.1. The van der Waals surface area contributed by atoms with E-state index in [9.17, 15) is 0 Å². The lowest BCUT2D eigenvalue weighted by molar-refractivity contribution is 0.292. The maximum Gasteiger partial charge on any atom is 0.173 e. The highest BCUT2D eigenvalue weighted by molar-refractivity contribution is 6.96. The van der Waals surface area contributed by atoms with Gasteiger partial charge in [0.25, 0.3) is 0 Å². The Kier molecular flexibility index (Phi) is 8.32. The van der Waals surface area contributed by atoms with Crippen molar-refractivity contribution in [3.05, 3.63) is 0 Å². The van der Waals surface area contributed by atoms with Crippen LogP contribution < -0.4 is 0 Å². The van der Waals surface area contributed by atoms with Crippen LogP contribution in [0.25, 0.3) is 0 Å². The van der Waals surface area contributed by atoms with Crippen molar-refractivity contribution in [2.24, 2.45) is 0 Å². The Labute approximate surface area is 122 Å². The first kappa shape index (κ1) is 19.5. The van der Waals surface area contributed by atoms with E-state index in [0.29, 0.717) is 6.61 Å². The van der Waals surface area contributed by atoms with E-state index in [4.69, 9.17) is 14.3 Å². The monoisotopic (exact) mass is 322 g/mol. The molecule has 0 aromatic carbocycles. The van der Waals surface area contributed by atoms with Crippen molar-refractivity contribution in [3.63, 3.8) is 0 Å². The third-order valence-corrected chi connectivity index (χ3v) is 18.3. The molecule has 0 radical (unpaired) electrons. The fraction of sp³-hybridized carbons (Fsp3) is 1.00. The van der Waals surface area contributed by atoms with E-state index in [1.54, 1.807) is 0 Å². The number of hydrogen-bond acceptors (Lipinski definition) is 3. The molecule has 116 valence electrons. The van der Waals surface area contributed by atoms with Gasteiger partial charge < -0.3 is 14.3 Å². The summed E-state index contributed by atoms with van der Waals surface area (Å²) in [5.74, 6) is 0. The molecule has 0 aliphatic heterocycles. The topological polar surface area (TPSA) is 49.7 Å². The van der Waals surface area contributed by atoms with Gasteiger partial charge in [0.1, 0.15) is 0 Å². The maximum atomic E-state index is 9.00. The van der Waals surface area contributed by atoms with Crippen LogP contribution in [0.15, 0.2) is 0 Å². The van der Waals surface area contributed by atoms with Gasteiger partial charge in [-0.3, -0.25) is 0 Å². The highest BCUT2D eigenvalue weighted by Crippen LogP contribution is 2.29. The molecule has 2 N–H and O–H groups in total. The molecule has 0 spiro atoms. The third kappa shape index (κ3) is 9.98. The summed E-state index contributed by atoms with van der Waals surface area (Å²) in [6.45, 7) is 14.7. The summed E-state index contributed by atoms with van der Waals surface area (Å²) in [5.41, 5.74) is 1.27. The summed E-state index contributed by atoms with van der Waals surface area (Å²) in [5, 5.41) is 18.0. The Bertz CT molecular complexity index is 232. The summed E-state index contributed by atoms with van der Waals surface area (Å²) < 4.78 is 6.58. The van der Waals surface area contributed by atoms with Gasteiger partial charge in [-0.2, -0.15) is 0 Å². The minimum absolute atomic E-state index is 0.276. The van der Waals surface area contributed by atoms with Crippen molar-refractivity contribution < 1.29 is 14.3 Å². The number of rotatable bonds is 10.